The maximum Gasteiger partial charge on any atom is 0.234 e. The lowest BCUT2D eigenvalue weighted by Gasteiger charge is -2.46. The predicted molar refractivity (Wildman–Crippen MR) is 370 cm³/mol. The summed E-state index contributed by atoms with van der Waals surface area (Å²) in [5.74, 6) is -1.87. The molecule has 6 aliphatic heterocycles. The molecule has 0 saturated carbocycles. The van der Waals surface area contributed by atoms with E-state index in [-0.39, 0.29) is 71.4 Å². The van der Waals surface area contributed by atoms with Crippen LogP contribution in [0.2, 0.25) is 0 Å². The van der Waals surface area contributed by atoms with E-state index in [1.807, 2.05) is 6.92 Å². The topological polar surface area (TPSA) is 676 Å². The molecule has 44 nitrogen and oxygen atoms in total. The third kappa shape index (κ3) is 29.0. The minimum atomic E-state index is -1.96. The molecule has 6 rings (SSSR count). The monoisotopic (exact) mass is 1610 g/mol. The summed E-state index contributed by atoms with van der Waals surface area (Å²) in [5.41, 5.74) is 0.584. The van der Waals surface area contributed by atoms with Crippen molar-refractivity contribution in [3.63, 3.8) is 0 Å². The highest BCUT2D eigenvalue weighted by Gasteiger charge is 2.55. The Hall–Kier alpha value is -4.43. The maximum absolute atomic E-state index is 13.3. The molecule has 6 heterocycles. The number of nitrogens with one attached hydrogen (secondary N) is 6. The van der Waals surface area contributed by atoms with Crippen LogP contribution in [-0.4, -0.2) is 433 Å². The molecule has 111 heavy (non-hydrogen) atoms. The summed E-state index contributed by atoms with van der Waals surface area (Å²) in [6.07, 6.45) is -46.0. The molecule has 44 heteroatoms. The van der Waals surface area contributed by atoms with Gasteiger partial charge in [-0.25, -0.2) is 0 Å². The van der Waals surface area contributed by atoms with Crippen LogP contribution in [0, 0.1) is 0 Å². The van der Waals surface area contributed by atoms with E-state index in [0.717, 1.165) is 0 Å². The fraction of sp³-hybridized carbons (Fsp3) is 0.896. The van der Waals surface area contributed by atoms with Gasteiger partial charge in [0.05, 0.1) is 72.5 Å². The van der Waals surface area contributed by atoms with Gasteiger partial charge in [0.25, 0.3) is 0 Å². The second kappa shape index (κ2) is 48.9. The minimum absolute atomic E-state index is 0.0385. The second-order valence-corrected chi connectivity index (χ2v) is 27.9. The Morgan fingerprint density at radius 1 is 0.315 bits per heavy atom. The second-order valence-electron chi connectivity index (χ2n) is 27.9. The third-order valence-corrected chi connectivity index (χ3v) is 19.3. The molecule has 0 aromatic carbocycles. The quantitative estimate of drug-likeness (QED) is 0.0252. The highest BCUT2D eigenvalue weighted by Crippen LogP contribution is 2.34. The number of carbonyl (C=O) groups excluding carboxylic acids is 5. The van der Waals surface area contributed by atoms with Gasteiger partial charge >= 0.3 is 0 Å². The molecule has 0 aliphatic carbocycles. The molecule has 0 unspecified atom stereocenters. The van der Waals surface area contributed by atoms with Crippen molar-refractivity contribution in [2.24, 2.45) is 0 Å². The molecule has 0 aromatic rings. The summed E-state index contributed by atoms with van der Waals surface area (Å²) in [7, 11) is 0. The van der Waals surface area contributed by atoms with Gasteiger partial charge in [0, 0.05) is 57.8 Å². The van der Waals surface area contributed by atoms with Crippen molar-refractivity contribution in [3.05, 3.63) is 12.3 Å². The molecule has 0 bridgehead atoms. The summed E-state index contributed by atoms with van der Waals surface area (Å²) in [6, 6.07) is 0. The van der Waals surface area contributed by atoms with Gasteiger partial charge in [-0.15, -0.1) is 0 Å². The number of unbranched alkanes of at least 4 members (excludes halogenated alkanes) is 6. The first kappa shape index (κ1) is 95.4. The van der Waals surface area contributed by atoms with Crippen LogP contribution in [0.15, 0.2) is 12.3 Å². The minimum Gasteiger partial charge on any atom is -0.394 e. The molecule has 26 N–H and O–H groups in total. The molecule has 0 radical (unpaired) electrons. The zero-order valence-corrected chi connectivity index (χ0v) is 61.9. The third-order valence-electron chi connectivity index (χ3n) is 19.3. The summed E-state index contributed by atoms with van der Waals surface area (Å²) >= 11 is 0. The zero-order valence-electron chi connectivity index (χ0n) is 61.9. The van der Waals surface area contributed by atoms with E-state index in [2.05, 4.69) is 38.5 Å². The van der Waals surface area contributed by atoms with Crippen LogP contribution in [0.5, 0.6) is 0 Å². The summed E-state index contributed by atoms with van der Waals surface area (Å²) in [6.45, 7) is 1.07. The van der Waals surface area contributed by atoms with Gasteiger partial charge in [-0.2, -0.15) is 0 Å². The fourth-order valence-electron chi connectivity index (χ4n) is 12.8. The van der Waals surface area contributed by atoms with Crippen LogP contribution < -0.4 is 31.9 Å². The average molecular weight is 1610 g/mol. The number of nitrogens with zero attached hydrogens (tertiary/aromatic N) is 1. The van der Waals surface area contributed by atoms with Crippen LogP contribution in [0.4, 0.5) is 0 Å². The summed E-state index contributed by atoms with van der Waals surface area (Å²) in [5, 5.41) is 226. The number of amides is 5. The van der Waals surface area contributed by atoms with Gasteiger partial charge in [-0.1, -0.05) is 25.8 Å². The Balaban J connectivity index is 0.905. The number of hydrogen-bond donors (Lipinski definition) is 26. The van der Waals surface area contributed by atoms with Gasteiger partial charge in [-0.05, 0) is 51.9 Å². The van der Waals surface area contributed by atoms with Crippen LogP contribution in [0.25, 0.3) is 0 Å². The number of aliphatic hydroxyl groups is 20. The smallest absolute Gasteiger partial charge is 0.234 e. The molecule has 30 atom stereocenters. The van der Waals surface area contributed by atoms with E-state index in [1.54, 1.807) is 0 Å². The molecule has 6 fully saturated rings. The Bertz CT molecular complexity index is 2580. The largest absolute Gasteiger partial charge is 0.394 e. The first-order chi connectivity index (χ1) is 53.0. The normalized spacial score (nSPS) is 36.6. The van der Waals surface area contributed by atoms with Crippen LogP contribution in [0.1, 0.15) is 84.0 Å². The van der Waals surface area contributed by atoms with Crippen molar-refractivity contribution in [2.45, 2.75) is 268 Å². The number of rotatable bonds is 48. The van der Waals surface area contributed by atoms with Crippen molar-refractivity contribution < 1.29 is 183 Å². The highest BCUT2D eigenvalue weighted by molar-refractivity contribution is 5.84. The van der Waals surface area contributed by atoms with Crippen molar-refractivity contribution in [1.82, 2.24) is 36.8 Å². The maximum atomic E-state index is 13.3. The summed E-state index contributed by atoms with van der Waals surface area (Å²) in [4.78, 5) is 65.8. The molecule has 5 amide bonds. The molecule has 6 aliphatic rings. The summed E-state index contributed by atoms with van der Waals surface area (Å²) < 4.78 is 67.4. The van der Waals surface area contributed by atoms with E-state index in [0.29, 0.717) is 89.4 Å². The Morgan fingerprint density at radius 3 is 0.964 bits per heavy atom. The van der Waals surface area contributed by atoms with Gasteiger partial charge < -0.3 is 191 Å². The van der Waals surface area contributed by atoms with Crippen LogP contribution in [-0.2, 0) is 80.8 Å². The number of carbonyl (C=O) groups is 5. The Morgan fingerprint density at radius 2 is 0.613 bits per heavy atom. The average Bonchev–Trinajstić information content (AvgIpc) is 0.788. The Labute approximate surface area is 639 Å². The van der Waals surface area contributed by atoms with E-state index in [9.17, 15) is 126 Å². The SMILES string of the molecule is C=C(CCCCCNC(=O)CN(CC(=O)NCCCCCC(=O)NCC)CC(=O)NCCCCCC(=O)NCCO[C@H]1O[C@H](CO[C@H]2O[C@H](CO)[C@@H](O)[C@H](O)[C@@H]2O)[C@@H](O)[C@H](O[C@H]2O[C@H](CO)[C@@H](O)[C@H](O)[C@@H]2O)[C@@H]1O)NCCO[C@H]1O[C@H](CO[C@H]2O[C@H](CO)[C@@H](O)[C@H](O)[C@@H]2O)[C@@H](O)[C@H](O[C@H]2O[C@H](CO)[C@@H](O)[C@H](O)[C@@H]2O)[C@@H]1O. The van der Waals surface area contributed by atoms with Crippen molar-refractivity contribution in [2.75, 3.05) is 112 Å². The highest BCUT2D eigenvalue weighted by atomic mass is 16.8. The fourth-order valence-corrected chi connectivity index (χ4v) is 12.8. The molecular formula is C67H119N7O37. The predicted octanol–water partition coefficient (Wildman–Crippen LogP) is -13.4. The van der Waals surface area contributed by atoms with Crippen LogP contribution >= 0.6 is 0 Å². The van der Waals surface area contributed by atoms with Crippen molar-refractivity contribution in [1.29, 1.82) is 0 Å². The van der Waals surface area contributed by atoms with Gasteiger partial charge in [0.15, 0.2) is 37.7 Å². The van der Waals surface area contributed by atoms with Crippen molar-refractivity contribution in [3.8, 4) is 0 Å². The van der Waals surface area contributed by atoms with Crippen molar-refractivity contribution >= 4 is 29.5 Å². The lowest BCUT2D eigenvalue weighted by molar-refractivity contribution is -0.366. The first-order valence-electron chi connectivity index (χ1n) is 37.5. The first-order valence-corrected chi connectivity index (χ1v) is 37.5. The van der Waals surface area contributed by atoms with Gasteiger partial charge in [-0.3, -0.25) is 28.9 Å². The van der Waals surface area contributed by atoms with Gasteiger partial charge in [0.2, 0.25) is 29.5 Å². The molecule has 0 spiro atoms. The molecule has 644 valence electrons. The number of allylic oxidation sites excluding steroid dienone is 1. The molecule has 6 saturated heterocycles. The van der Waals surface area contributed by atoms with Gasteiger partial charge in [0.1, 0.15) is 146 Å². The number of ether oxygens (including phenoxy) is 12. The molecule has 0 aromatic heterocycles. The number of aliphatic hydroxyl groups excluding tert-OH is 20. The number of hydrogen-bond acceptors (Lipinski definition) is 39. The zero-order chi connectivity index (χ0) is 81.6. The van der Waals surface area contributed by atoms with E-state index in [4.69, 9.17) is 56.8 Å². The molecular weight excluding hydrogens is 1490 g/mol. The van der Waals surface area contributed by atoms with E-state index >= 15 is 0 Å². The van der Waals surface area contributed by atoms with E-state index < -0.39 is 248 Å². The van der Waals surface area contributed by atoms with E-state index in [1.165, 1.54) is 4.90 Å². The Kier molecular flexibility index (Phi) is 42.1. The lowest BCUT2D eigenvalue weighted by atomic mass is 9.96. The van der Waals surface area contributed by atoms with Crippen LogP contribution in [0.3, 0.4) is 0 Å². The lowest BCUT2D eigenvalue weighted by Crippen LogP contribution is -2.65. The standard InChI is InChI=1S/C67H119N7O37/c1-3-68-39(79)14-8-5-11-17-71-42(82)24-74(23-41(81)70-16-10-4-7-13-32(2)69-19-21-100-64-58(98)60(110-66-56(96)52(92)46(86)35(28-77)106-66)48(88)37(108-64)30-102-62-54(94)50(90)44(84)33(26-75)104-62)25-43(83)72-18-12-6-9-15-40(80)73-20-22-101-65-59(99)61(111-67-57(97)53(93)47(87)36(29-78)107-67)49(89)38(109-65)31-103-63-55(95)51(91)45(85)34(27-76)105-63/h33-38,44-67,69,75-78,84-99H,2-31H2,1H3,(H,68,79)(H,70,81)(H,71,82)(H,72,83)(H,73,80)/t33-,34-,35-,36-,37-,38-,44-,45-,46-,47-,48-,49-,50+,51+,52+,53+,54+,55+,56+,57+,58+,59+,60+,61+,62+,63+,64+,65+,66-,67-/m1/s1.